The van der Waals surface area contributed by atoms with Crippen LogP contribution in [0.3, 0.4) is 0 Å². The van der Waals surface area contributed by atoms with E-state index in [1.54, 1.807) is 7.48 Å². The van der Waals surface area contributed by atoms with Crippen LogP contribution in [0.1, 0.15) is 6.92 Å². The van der Waals surface area contributed by atoms with E-state index in [-0.39, 0.29) is 6.23 Å². The molecule has 0 aliphatic rings. The second-order valence-corrected chi connectivity index (χ2v) is 4.18. The van der Waals surface area contributed by atoms with Crippen LogP contribution in [0.25, 0.3) is 11.1 Å². The molecule has 0 spiro atoms. The first-order chi connectivity index (χ1) is 8.79. The van der Waals surface area contributed by atoms with Crippen molar-refractivity contribution < 1.29 is 4.65 Å². The maximum absolute atomic E-state index is 5.53. The Labute approximate surface area is 109 Å². The number of rotatable bonds is 5. The Morgan fingerprint density at radius 1 is 1.00 bits per heavy atom. The van der Waals surface area contributed by atoms with Gasteiger partial charge in [-0.15, -0.1) is 0 Å². The predicted molar refractivity (Wildman–Crippen MR) is 76.9 cm³/mol. The summed E-state index contributed by atoms with van der Waals surface area (Å²) in [5.41, 5.74) is 3.48. The van der Waals surface area contributed by atoms with Crippen molar-refractivity contribution in [3.63, 3.8) is 0 Å². The van der Waals surface area contributed by atoms with Gasteiger partial charge in [0.15, 0.2) is 0 Å². The molecule has 2 rings (SSSR count). The van der Waals surface area contributed by atoms with Crippen LogP contribution in [0.5, 0.6) is 0 Å². The molecule has 91 valence electrons. The Hall–Kier alpha value is -1.58. The molecule has 18 heavy (non-hydrogen) atoms. The normalized spacial score (nSPS) is 12.1. The fourth-order valence-corrected chi connectivity index (χ4v) is 1.67. The zero-order valence-corrected chi connectivity index (χ0v) is 10.8. The van der Waals surface area contributed by atoms with E-state index >= 15 is 0 Å². The number of hydrogen-bond donors (Lipinski definition) is 1. The van der Waals surface area contributed by atoms with Crippen LogP contribution < -0.4 is 10.8 Å². The molecule has 0 aromatic heterocycles. The van der Waals surface area contributed by atoms with E-state index in [0.29, 0.717) is 0 Å². The number of benzene rings is 2. The van der Waals surface area contributed by atoms with E-state index in [1.165, 1.54) is 11.1 Å². The quantitative estimate of drug-likeness (QED) is 0.636. The van der Waals surface area contributed by atoms with Crippen molar-refractivity contribution in [1.29, 1.82) is 0 Å². The standard InChI is InChI=1S/C15H17BNO/c1-12(17-2)18-16-15-10-6-9-14(11-15)13-7-4-3-5-8-13/h3-12,17H,1-2H3. The Kier molecular flexibility index (Phi) is 4.56. The summed E-state index contributed by atoms with van der Waals surface area (Å²) >= 11 is 0. The third-order valence-electron chi connectivity index (χ3n) is 2.81. The third kappa shape index (κ3) is 3.46. The van der Waals surface area contributed by atoms with Crippen LogP contribution in [0.15, 0.2) is 54.6 Å². The first-order valence-corrected chi connectivity index (χ1v) is 6.11. The smallest absolute Gasteiger partial charge is 0.332 e. The highest BCUT2D eigenvalue weighted by Gasteiger charge is 2.03. The van der Waals surface area contributed by atoms with Gasteiger partial charge in [-0.25, -0.2) is 0 Å². The molecule has 0 aliphatic heterocycles. The molecule has 0 saturated heterocycles. The van der Waals surface area contributed by atoms with Crippen molar-refractivity contribution in [2.75, 3.05) is 7.05 Å². The Balaban J connectivity index is 2.11. The monoisotopic (exact) mass is 238 g/mol. The molecular formula is C15H17BNO. The highest BCUT2D eigenvalue weighted by molar-refractivity contribution is 6.47. The Bertz CT molecular complexity index is 487. The molecule has 0 fully saturated rings. The summed E-state index contributed by atoms with van der Waals surface area (Å²) in [6, 6.07) is 18.6. The molecule has 1 unspecified atom stereocenters. The van der Waals surface area contributed by atoms with Gasteiger partial charge in [0.25, 0.3) is 0 Å². The van der Waals surface area contributed by atoms with Gasteiger partial charge in [-0.3, -0.25) is 5.32 Å². The molecule has 2 nitrogen and oxygen atoms in total. The van der Waals surface area contributed by atoms with Crippen LogP contribution in [-0.2, 0) is 4.65 Å². The summed E-state index contributed by atoms with van der Waals surface area (Å²) in [5.74, 6) is 0. The molecule has 1 N–H and O–H groups in total. The Morgan fingerprint density at radius 3 is 2.44 bits per heavy atom. The van der Waals surface area contributed by atoms with Crippen LogP contribution >= 0.6 is 0 Å². The topological polar surface area (TPSA) is 21.3 Å². The molecule has 0 amide bonds. The summed E-state index contributed by atoms with van der Waals surface area (Å²) < 4.78 is 5.53. The van der Waals surface area contributed by atoms with Gasteiger partial charge >= 0.3 is 7.48 Å². The van der Waals surface area contributed by atoms with Gasteiger partial charge in [-0.2, -0.15) is 0 Å². The van der Waals surface area contributed by atoms with Crippen LogP contribution in [0.4, 0.5) is 0 Å². The van der Waals surface area contributed by atoms with Crippen LogP contribution in [0.2, 0.25) is 0 Å². The lowest BCUT2D eigenvalue weighted by Crippen LogP contribution is -2.30. The van der Waals surface area contributed by atoms with Crippen molar-refractivity contribution in [1.82, 2.24) is 5.32 Å². The second kappa shape index (κ2) is 6.38. The Morgan fingerprint density at radius 2 is 1.72 bits per heavy atom. The van der Waals surface area contributed by atoms with E-state index in [1.807, 2.05) is 44.3 Å². The molecule has 3 heteroatoms. The third-order valence-corrected chi connectivity index (χ3v) is 2.81. The average Bonchev–Trinajstić information content (AvgIpc) is 2.46. The molecule has 0 bridgehead atoms. The van der Waals surface area contributed by atoms with E-state index in [0.717, 1.165) is 5.46 Å². The lowest BCUT2D eigenvalue weighted by atomic mass is 9.86. The van der Waals surface area contributed by atoms with Gasteiger partial charge in [-0.05, 0) is 25.1 Å². The molecular weight excluding hydrogens is 221 g/mol. The number of hydrogen-bond acceptors (Lipinski definition) is 2. The lowest BCUT2D eigenvalue weighted by molar-refractivity contribution is 0.207. The SMILES string of the molecule is CNC(C)O[B]c1cccc(-c2ccccc2)c1. The minimum absolute atomic E-state index is 0.0189. The lowest BCUT2D eigenvalue weighted by Gasteiger charge is -2.11. The van der Waals surface area contributed by atoms with Crippen LogP contribution in [0, 0.1) is 0 Å². The minimum Gasteiger partial charge on any atom is -0.420 e. The summed E-state index contributed by atoms with van der Waals surface area (Å²) in [5, 5.41) is 3.03. The van der Waals surface area contributed by atoms with Gasteiger partial charge < -0.3 is 4.65 Å². The summed E-state index contributed by atoms with van der Waals surface area (Å²) in [4.78, 5) is 0. The first-order valence-electron chi connectivity index (χ1n) is 6.11. The van der Waals surface area contributed by atoms with Crippen molar-refractivity contribution in [3.8, 4) is 11.1 Å². The largest absolute Gasteiger partial charge is 0.420 e. The zero-order chi connectivity index (χ0) is 12.8. The number of nitrogens with one attached hydrogen (secondary N) is 1. The van der Waals surface area contributed by atoms with Gasteiger partial charge in [0, 0.05) is 0 Å². The van der Waals surface area contributed by atoms with Gasteiger partial charge in [0.05, 0.1) is 6.23 Å². The van der Waals surface area contributed by atoms with Gasteiger partial charge in [-0.1, -0.05) is 60.1 Å². The highest BCUT2D eigenvalue weighted by Crippen LogP contribution is 2.16. The van der Waals surface area contributed by atoms with E-state index in [4.69, 9.17) is 4.65 Å². The second-order valence-electron chi connectivity index (χ2n) is 4.18. The summed E-state index contributed by atoms with van der Waals surface area (Å²) in [7, 11) is 3.66. The predicted octanol–water partition coefficient (Wildman–Crippen LogP) is 2.18. The van der Waals surface area contributed by atoms with E-state index in [9.17, 15) is 0 Å². The maximum Gasteiger partial charge on any atom is 0.332 e. The molecule has 1 atom stereocenters. The fraction of sp³-hybridized carbons (Fsp3) is 0.200. The van der Waals surface area contributed by atoms with Crippen molar-refractivity contribution in [2.45, 2.75) is 13.2 Å². The minimum atomic E-state index is 0.0189. The molecule has 1 radical (unpaired) electrons. The van der Waals surface area contributed by atoms with E-state index < -0.39 is 0 Å². The average molecular weight is 238 g/mol. The van der Waals surface area contributed by atoms with Crippen molar-refractivity contribution in [2.24, 2.45) is 0 Å². The van der Waals surface area contributed by atoms with Gasteiger partial charge in [0.1, 0.15) is 0 Å². The van der Waals surface area contributed by atoms with Crippen molar-refractivity contribution >= 4 is 12.9 Å². The molecule has 2 aromatic rings. The summed E-state index contributed by atoms with van der Waals surface area (Å²) in [6.45, 7) is 1.97. The molecule has 0 aliphatic carbocycles. The zero-order valence-electron chi connectivity index (χ0n) is 10.8. The van der Waals surface area contributed by atoms with Crippen molar-refractivity contribution in [3.05, 3.63) is 54.6 Å². The molecule has 2 aromatic carbocycles. The van der Waals surface area contributed by atoms with Gasteiger partial charge in [0.2, 0.25) is 0 Å². The molecule has 0 heterocycles. The van der Waals surface area contributed by atoms with E-state index in [2.05, 4.69) is 29.6 Å². The fourth-order valence-electron chi connectivity index (χ4n) is 1.67. The molecule has 0 saturated carbocycles. The van der Waals surface area contributed by atoms with Crippen LogP contribution in [-0.4, -0.2) is 20.8 Å². The first kappa shape index (κ1) is 12.9. The highest BCUT2D eigenvalue weighted by atomic mass is 16.5. The maximum atomic E-state index is 5.53. The summed E-state index contributed by atoms with van der Waals surface area (Å²) in [6.07, 6.45) is 0.0189.